The van der Waals surface area contributed by atoms with Crippen LogP contribution in [0.4, 0.5) is 0 Å². The van der Waals surface area contributed by atoms with E-state index >= 15 is 0 Å². The lowest BCUT2D eigenvalue weighted by molar-refractivity contribution is 0.0857. The summed E-state index contributed by atoms with van der Waals surface area (Å²) in [5.74, 6) is 0.205. The molecule has 3 N–H and O–H groups in total. The van der Waals surface area contributed by atoms with Crippen LogP contribution in [0, 0.1) is 11.8 Å². The number of allylic oxidation sites excluding steroid dienone is 2. The van der Waals surface area contributed by atoms with E-state index in [-0.39, 0.29) is 17.9 Å². The number of hydrogen-bond donors (Lipinski definition) is 3. The highest BCUT2D eigenvalue weighted by atomic mass is 16.3. The summed E-state index contributed by atoms with van der Waals surface area (Å²) in [6.07, 6.45) is 11.0. The van der Waals surface area contributed by atoms with E-state index in [4.69, 9.17) is 0 Å². The van der Waals surface area contributed by atoms with Crippen molar-refractivity contribution in [3.63, 3.8) is 0 Å². The van der Waals surface area contributed by atoms with Gasteiger partial charge in [0.05, 0.1) is 18.3 Å². The molecule has 3 nitrogen and oxygen atoms in total. The fraction of sp³-hybridized carbons (Fsp3) is 0.652. The highest BCUT2D eigenvalue weighted by Gasteiger charge is 2.40. The molecule has 146 valence electrons. The SMILES string of the molecule is CCCC/C=C/CC1C(O)CC(O)C1CCC(O)CCc1ccccc1. The first-order chi connectivity index (χ1) is 12.6. The van der Waals surface area contributed by atoms with Gasteiger partial charge in [-0.05, 0) is 62.3 Å². The van der Waals surface area contributed by atoms with Crippen LogP contribution in [0.3, 0.4) is 0 Å². The first kappa shape index (κ1) is 21.1. The fourth-order valence-corrected chi connectivity index (χ4v) is 4.11. The van der Waals surface area contributed by atoms with E-state index in [9.17, 15) is 15.3 Å². The van der Waals surface area contributed by atoms with Gasteiger partial charge in [-0.2, -0.15) is 0 Å². The quantitative estimate of drug-likeness (QED) is 0.408. The molecule has 2 rings (SSSR count). The fourth-order valence-electron chi connectivity index (χ4n) is 4.11. The maximum absolute atomic E-state index is 10.3. The van der Waals surface area contributed by atoms with Gasteiger partial charge in [-0.1, -0.05) is 62.2 Å². The highest BCUT2D eigenvalue weighted by Crippen LogP contribution is 2.38. The average Bonchev–Trinajstić information content (AvgIpc) is 2.91. The Morgan fingerprint density at radius 2 is 1.77 bits per heavy atom. The highest BCUT2D eigenvalue weighted by molar-refractivity contribution is 5.14. The second-order valence-corrected chi connectivity index (χ2v) is 7.80. The van der Waals surface area contributed by atoms with Gasteiger partial charge in [-0.25, -0.2) is 0 Å². The Bertz CT molecular complexity index is 513. The van der Waals surface area contributed by atoms with Crippen molar-refractivity contribution in [3.8, 4) is 0 Å². The molecule has 0 spiro atoms. The third kappa shape index (κ3) is 6.86. The van der Waals surface area contributed by atoms with Crippen LogP contribution in [0.15, 0.2) is 42.5 Å². The minimum atomic E-state index is -0.444. The summed E-state index contributed by atoms with van der Waals surface area (Å²) < 4.78 is 0. The predicted octanol–water partition coefficient (Wildman–Crippen LogP) is 4.25. The molecule has 1 aliphatic carbocycles. The van der Waals surface area contributed by atoms with E-state index in [0.29, 0.717) is 12.8 Å². The topological polar surface area (TPSA) is 60.7 Å². The van der Waals surface area contributed by atoms with E-state index in [1.54, 1.807) is 0 Å². The van der Waals surface area contributed by atoms with Gasteiger partial charge in [0.1, 0.15) is 0 Å². The molecular weight excluding hydrogens is 324 g/mol. The number of aliphatic hydroxyl groups is 3. The number of unbranched alkanes of at least 4 members (excludes halogenated alkanes) is 2. The largest absolute Gasteiger partial charge is 0.393 e. The first-order valence-corrected chi connectivity index (χ1v) is 10.3. The maximum Gasteiger partial charge on any atom is 0.0599 e. The Morgan fingerprint density at radius 3 is 2.50 bits per heavy atom. The summed E-state index contributed by atoms with van der Waals surface area (Å²) in [5, 5.41) is 30.9. The van der Waals surface area contributed by atoms with Crippen molar-refractivity contribution in [2.45, 2.75) is 83.0 Å². The van der Waals surface area contributed by atoms with Crippen LogP contribution in [-0.2, 0) is 6.42 Å². The van der Waals surface area contributed by atoms with Crippen molar-refractivity contribution in [1.29, 1.82) is 0 Å². The Balaban J connectivity index is 1.76. The van der Waals surface area contributed by atoms with E-state index < -0.39 is 12.2 Å². The molecule has 0 radical (unpaired) electrons. The number of aryl methyl sites for hydroxylation is 1. The number of rotatable bonds is 11. The summed E-state index contributed by atoms with van der Waals surface area (Å²) in [5.41, 5.74) is 1.25. The van der Waals surface area contributed by atoms with Crippen LogP contribution >= 0.6 is 0 Å². The van der Waals surface area contributed by atoms with Crippen LogP contribution in [-0.4, -0.2) is 33.6 Å². The monoisotopic (exact) mass is 360 g/mol. The van der Waals surface area contributed by atoms with Gasteiger partial charge in [0.15, 0.2) is 0 Å². The van der Waals surface area contributed by atoms with Crippen molar-refractivity contribution in [3.05, 3.63) is 48.0 Å². The van der Waals surface area contributed by atoms with Gasteiger partial charge in [0.25, 0.3) is 0 Å². The molecule has 26 heavy (non-hydrogen) atoms. The molecule has 3 heteroatoms. The molecule has 0 amide bonds. The van der Waals surface area contributed by atoms with Crippen molar-refractivity contribution in [2.24, 2.45) is 11.8 Å². The zero-order chi connectivity index (χ0) is 18.8. The van der Waals surface area contributed by atoms with E-state index in [2.05, 4.69) is 31.2 Å². The number of benzene rings is 1. The average molecular weight is 361 g/mol. The van der Waals surface area contributed by atoms with Crippen molar-refractivity contribution in [1.82, 2.24) is 0 Å². The normalized spacial score (nSPS) is 27.2. The number of hydrogen-bond acceptors (Lipinski definition) is 3. The molecule has 0 saturated heterocycles. The van der Waals surface area contributed by atoms with Gasteiger partial charge in [0.2, 0.25) is 0 Å². The van der Waals surface area contributed by atoms with Gasteiger partial charge in [0, 0.05) is 0 Å². The minimum Gasteiger partial charge on any atom is -0.393 e. The molecule has 0 aliphatic heterocycles. The second kappa shape index (κ2) is 11.5. The first-order valence-electron chi connectivity index (χ1n) is 10.3. The van der Waals surface area contributed by atoms with Crippen molar-refractivity contribution in [2.75, 3.05) is 0 Å². The van der Waals surface area contributed by atoms with E-state index in [0.717, 1.165) is 32.1 Å². The smallest absolute Gasteiger partial charge is 0.0599 e. The lowest BCUT2D eigenvalue weighted by atomic mass is 9.85. The third-order valence-corrected chi connectivity index (χ3v) is 5.76. The zero-order valence-corrected chi connectivity index (χ0v) is 16.1. The minimum absolute atomic E-state index is 0.0900. The molecule has 5 unspecified atom stereocenters. The van der Waals surface area contributed by atoms with Crippen LogP contribution in [0.25, 0.3) is 0 Å². The molecular formula is C23H36O3. The van der Waals surface area contributed by atoms with Gasteiger partial charge in [-0.15, -0.1) is 0 Å². The Hall–Kier alpha value is -1.16. The lowest BCUT2D eigenvalue weighted by Gasteiger charge is -2.23. The van der Waals surface area contributed by atoms with Crippen molar-refractivity contribution >= 4 is 0 Å². The summed E-state index contributed by atoms with van der Waals surface area (Å²) in [6.45, 7) is 2.18. The standard InChI is InChI=1S/C23H36O3/c1-2-3-4-5-9-12-20-21(23(26)17-22(20)25)16-15-19(24)14-13-18-10-7-6-8-11-18/h5-11,19-26H,2-4,12-17H2,1H3/b9-5+. The summed E-state index contributed by atoms with van der Waals surface area (Å²) >= 11 is 0. The molecule has 0 heterocycles. The summed E-state index contributed by atoms with van der Waals surface area (Å²) in [4.78, 5) is 0. The Labute approximate surface area is 158 Å². The predicted molar refractivity (Wildman–Crippen MR) is 107 cm³/mol. The molecule has 1 saturated carbocycles. The van der Waals surface area contributed by atoms with Gasteiger partial charge in [-0.3, -0.25) is 0 Å². The molecule has 5 atom stereocenters. The lowest BCUT2D eigenvalue weighted by Crippen LogP contribution is -2.23. The molecule has 1 aromatic carbocycles. The van der Waals surface area contributed by atoms with Crippen LogP contribution in [0.2, 0.25) is 0 Å². The zero-order valence-electron chi connectivity index (χ0n) is 16.1. The molecule has 0 aromatic heterocycles. The van der Waals surface area contributed by atoms with Gasteiger partial charge >= 0.3 is 0 Å². The molecule has 1 fully saturated rings. The summed E-state index contributed by atoms with van der Waals surface area (Å²) in [7, 11) is 0. The van der Waals surface area contributed by atoms with Crippen LogP contribution in [0.1, 0.15) is 63.9 Å². The third-order valence-electron chi connectivity index (χ3n) is 5.76. The summed E-state index contributed by atoms with van der Waals surface area (Å²) in [6, 6.07) is 10.2. The van der Waals surface area contributed by atoms with Crippen molar-refractivity contribution < 1.29 is 15.3 Å². The van der Waals surface area contributed by atoms with E-state index in [1.165, 1.54) is 18.4 Å². The molecule has 1 aliphatic rings. The maximum atomic E-state index is 10.3. The van der Waals surface area contributed by atoms with E-state index in [1.807, 2.05) is 18.2 Å². The van der Waals surface area contributed by atoms with Gasteiger partial charge < -0.3 is 15.3 Å². The Kier molecular flexibility index (Phi) is 9.38. The second-order valence-electron chi connectivity index (χ2n) is 7.80. The Morgan fingerprint density at radius 1 is 1.04 bits per heavy atom. The molecule has 0 bridgehead atoms. The number of aliphatic hydroxyl groups excluding tert-OH is 3. The van der Waals surface area contributed by atoms with Crippen LogP contribution < -0.4 is 0 Å². The van der Waals surface area contributed by atoms with Crippen LogP contribution in [0.5, 0.6) is 0 Å². The molecule has 1 aromatic rings.